The SMILES string of the molecule is CCC(Oc1c(C)cc(C)cc1C)C(C)NOC. The zero-order chi connectivity index (χ0) is 13.7. The fourth-order valence-electron chi connectivity index (χ4n) is 2.30. The van der Waals surface area contributed by atoms with Crippen molar-refractivity contribution < 1.29 is 9.57 Å². The minimum atomic E-state index is 0.102. The van der Waals surface area contributed by atoms with E-state index >= 15 is 0 Å². The molecular weight excluding hydrogens is 226 g/mol. The molecule has 2 atom stereocenters. The molecule has 0 aliphatic carbocycles. The van der Waals surface area contributed by atoms with E-state index in [1.807, 2.05) is 0 Å². The molecule has 0 fully saturated rings. The van der Waals surface area contributed by atoms with E-state index in [1.54, 1.807) is 7.11 Å². The fourth-order valence-corrected chi connectivity index (χ4v) is 2.30. The number of hydroxylamine groups is 1. The number of benzene rings is 1. The lowest BCUT2D eigenvalue weighted by atomic mass is 10.1. The van der Waals surface area contributed by atoms with Gasteiger partial charge in [-0.05, 0) is 45.2 Å². The Hall–Kier alpha value is -1.06. The van der Waals surface area contributed by atoms with E-state index in [2.05, 4.69) is 52.2 Å². The molecule has 0 aliphatic rings. The molecule has 0 spiro atoms. The molecule has 1 aromatic carbocycles. The number of nitrogens with one attached hydrogen (secondary N) is 1. The number of hydrogen-bond acceptors (Lipinski definition) is 3. The van der Waals surface area contributed by atoms with Crippen molar-refractivity contribution in [2.75, 3.05) is 7.11 Å². The molecule has 1 N–H and O–H groups in total. The Morgan fingerprint density at radius 1 is 1.17 bits per heavy atom. The van der Waals surface area contributed by atoms with E-state index in [0.717, 1.165) is 12.2 Å². The molecule has 0 bridgehead atoms. The Morgan fingerprint density at radius 2 is 1.72 bits per heavy atom. The van der Waals surface area contributed by atoms with Crippen LogP contribution in [0.15, 0.2) is 12.1 Å². The van der Waals surface area contributed by atoms with Gasteiger partial charge in [-0.25, -0.2) is 0 Å². The summed E-state index contributed by atoms with van der Waals surface area (Å²) in [5.74, 6) is 0.997. The highest BCUT2D eigenvalue weighted by atomic mass is 16.6. The summed E-state index contributed by atoms with van der Waals surface area (Å²) in [7, 11) is 1.63. The lowest BCUT2D eigenvalue weighted by Crippen LogP contribution is -2.40. The molecule has 0 aromatic heterocycles. The Bertz CT molecular complexity index is 367. The van der Waals surface area contributed by atoms with Crippen LogP contribution in [0.4, 0.5) is 0 Å². The van der Waals surface area contributed by atoms with Crippen LogP contribution >= 0.6 is 0 Å². The largest absolute Gasteiger partial charge is 0.488 e. The van der Waals surface area contributed by atoms with Crippen molar-refractivity contribution in [2.45, 2.75) is 53.2 Å². The second-order valence-corrected chi connectivity index (χ2v) is 4.90. The molecule has 0 amide bonds. The van der Waals surface area contributed by atoms with E-state index in [0.29, 0.717) is 0 Å². The molecule has 0 aliphatic heterocycles. The van der Waals surface area contributed by atoms with E-state index in [-0.39, 0.29) is 12.1 Å². The van der Waals surface area contributed by atoms with E-state index in [1.165, 1.54) is 16.7 Å². The van der Waals surface area contributed by atoms with Gasteiger partial charge in [-0.1, -0.05) is 24.6 Å². The third-order valence-electron chi connectivity index (χ3n) is 3.14. The van der Waals surface area contributed by atoms with Crippen LogP contribution in [-0.2, 0) is 4.84 Å². The smallest absolute Gasteiger partial charge is 0.125 e. The predicted molar refractivity (Wildman–Crippen MR) is 75.0 cm³/mol. The third-order valence-corrected chi connectivity index (χ3v) is 3.14. The summed E-state index contributed by atoms with van der Waals surface area (Å²) in [4.78, 5) is 4.97. The Balaban J connectivity index is 2.88. The van der Waals surface area contributed by atoms with Crippen molar-refractivity contribution in [3.05, 3.63) is 28.8 Å². The van der Waals surface area contributed by atoms with Gasteiger partial charge < -0.3 is 9.57 Å². The third kappa shape index (κ3) is 3.72. The molecule has 3 heteroatoms. The molecule has 1 aromatic rings. The highest BCUT2D eigenvalue weighted by Gasteiger charge is 2.18. The van der Waals surface area contributed by atoms with Crippen LogP contribution < -0.4 is 10.2 Å². The Morgan fingerprint density at radius 3 is 2.17 bits per heavy atom. The monoisotopic (exact) mass is 251 g/mol. The zero-order valence-electron chi connectivity index (χ0n) is 12.3. The van der Waals surface area contributed by atoms with Gasteiger partial charge in [0.05, 0.1) is 13.2 Å². The molecule has 0 heterocycles. The van der Waals surface area contributed by atoms with Crippen molar-refractivity contribution in [1.82, 2.24) is 5.48 Å². The molecule has 0 saturated heterocycles. The summed E-state index contributed by atoms with van der Waals surface area (Å²) in [6, 6.07) is 4.47. The van der Waals surface area contributed by atoms with Gasteiger partial charge in [-0.15, -0.1) is 0 Å². The highest BCUT2D eigenvalue weighted by Crippen LogP contribution is 2.26. The number of hydrogen-bond donors (Lipinski definition) is 1. The standard InChI is InChI=1S/C15H25NO2/c1-7-14(13(5)16-17-6)18-15-11(3)8-10(2)9-12(15)4/h8-9,13-14,16H,7H2,1-6H3. The van der Waals surface area contributed by atoms with Gasteiger partial charge in [0.2, 0.25) is 0 Å². The van der Waals surface area contributed by atoms with Crippen LogP contribution in [0.3, 0.4) is 0 Å². The summed E-state index contributed by atoms with van der Waals surface area (Å²) < 4.78 is 6.15. The minimum absolute atomic E-state index is 0.102. The predicted octanol–water partition coefficient (Wildman–Crippen LogP) is 3.31. The first-order valence-corrected chi connectivity index (χ1v) is 6.52. The molecule has 3 nitrogen and oxygen atoms in total. The molecular formula is C15H25NO2. The fraction of sp³-hybridized carbons (Fsp3) is 0.600. The van der Waals surface area contributed by atoms with Crippen LogP contribution in [-0.4, -0.2) is 19.3 Å². The quantitative estimate of drug-likeness (QED) is 0.787. The lowest BCUT2D eigenvalue weighted by molar-refractivity contribution is 0.0201. The van der Waals surface area contributed by atoms with Gasteiger partial charge >= 0.3 is 0 Å². The summed E-state index contributed by atoms with van der Waals surface area (Å²) in [6.07, 6.45) is 1.04. The number of aryl methyl sites for hydroxylation is 3. The minimum Gasteiger partial charge on any atom is -0.488 e. The van der Waals surface area contributed by atoms with Gasteiger partial charge in [-0.3, -0.25) is 0 Å². The molecule has 0 saturated carbocycles. The normalized spacial score (nSPS) is 14.3. The average Bonchev–Trinajstić information content (AvgIpc) is 2.28. The van der Waals surface area contributed by atoms with Crippen molar-refractivity contribution in [3.8, 4) is 5.75 Å². The van der Waals surface area contributed by atoms with Gasteiger partial charge in [0.25, 0.3) is 0 Å². The van der Waals surface area contributed by atoms with Crippen molar-refractivity contribution in [1.29, 1.82) is 0 Å². The highest BCUT2D eigenvalue weighted by molar-refractivity contribution is 5.43. The van der Waals surface area contributed by atoms with E-state index in [4.69, 9.17) is 9.57 Å². The van der Waals surface area contributed by atoms with E-state index < -0.39 is 0 Å². The summed E-state index contributed by atoms with van der Waals surface area (Å²) in [6.45, 7) is 10.5. The zero-order valence-corrected chi connectivity index (χ0v) is 12.3. The topological polar surface area (TPSA) is 30.5 Å². The van der Waals surface area contributed by atoms with Crippen LogP contribution in [0.2, 0.25) is 0 Å². The van der Waals surface area contributed by atoms with Crippen LogP contribution in [0, 0.1) is 20.8 Å². The van der Waals surface area contributed by atoms with Crippen LogP contribution in [0.5, 0.6) is 5.75 Å². The van der Waals surface area contributed by atoms with Gasteiger partial charge in [-0.2, -0.15) is 5.48 Å². The molecule has 2 unspecified atom stereocenters. The van der Waals surface area contributed by atoms with Crippen molar-refractivity contribution >= 4 is 0 Å². The number of rotatable bonds is 6. The lowest BCUT2D eigenvalue weighted by Gasteiger charge is -2.26. The van der Waals surface area contributed by atoms with Gasteiger partial charge in [0.15, 0.2) is 0 Å². The summed E-state index contributed by atoms with van der Waals surface area (Å²) >= 11 is 0. The molecule has 102 valence electrons. The summed E-state index contributed by atoms with van der Waals surface area (Å²) in [5, 5.41) is 0. The second kappa shape index (κ2) is 6.76. The second-order valence-electron chi connectivity index (χ2n) is 4.90. The van der Waals surface area contributed by atoms with Crippen molar-refractivity contribution in [2.24, 2.45) is 0 Å². The maximum atomic E-state index is 6.15. The van der Waals surface area contributed by atoms with Crippen LogP contribution in [0.25, 0.3) is 0 Å². The Labute approximate surface area is 110 Å². The first-order chi connectivity index (χ1) is 8.49. The molecule has 1 rings (SSSR count). The maximum absolute atomic E-state index is 6.15. The first kappa shape index (κ1) is 15.0. The van der Waals surface area contributed by atoms with Crippen LogP contribution in [0.1, 0.15) is 37.0 Å². The first-order valence-electron chi connectivity index (χ1n) is 6.52. The number of ether oxygens (including phenoxy) is 1. The van der Waals surface area contributed by atoms with E-state index in [9.17, 15) is 0 Å². The Kier molecular flexibility index (Phi) is 5.63. The average molecular weight is 251 g/mol. The van der Waals surface area contributed by atoms with Gasteiger partial charge in [0.1, 0.15) is 11.9 Å². The molecule has 18 heavy (non-hydrogen) atoms. The maximum Gasteiger partial charge on any atom is 0.125 e. The van der Waals surface area contributed by atoms with Gasteiger partial charge in [0, 0.05) is 0 Å². The van der Waals surface area contributed by atoms with Crippen molar-refractivity contribution in [3.63, 3.8) is 0 Å². The summed E-state index contributed by atoms with van der Waals surface area (Å²) in [5.41, 5.74) is 6.59. The molecule has 0 radical (unpaired) electrons.